The number of pyridine rings is 1. The molecule has 2 aromatic heterocycles. The van der Waals surface area contributed by atoms with Crippen LogP contribution in [0.2, 0.25) is 5.02 Å². The van der Waals surface area contributed by atoms with Gasteiger partial charge in [0.05, 0.1) is 27.3 Å². The third-order valence-electron chi connectivity index (χ3n) is 4.34. The molecule has 0 aliphatic heterocycles. The van der Waals surface area contributed by atoms with Gasteiger partial charge in [0.2, 0.25) is 0 Å². The van der Waals surface area contributed by atoms with Gasteiger partial charge in [-0.1, -0.05) is 48.5 Å². The zero-order chi connectivity index (χ0) is 19.9. The highest BCUT2D eigenvalue weighted by molar-refractivity contribution is 6.33. The number of benzene rings is 2. The Morgan fingerprint density at radius 1 is 1.00 bits per heavy atom. The molecule has 0 saturated carbocycles. The van der Waals surface area contributed by atoms with Crippen LogP contribution in [0.25, 0.3) is 39.8 Å². The molecule has 0 aliphatic carbocycles. The van der Waals surface area contributed by atoms with Crippen molar-refractivity contribution >= 4 is 28.7 Å². The first kappa shape index (κ1) is 18.3. The molecular weight excluding hydrogens is 387 g/mol. The first-order chi connectivity index (χ1) is 13.3. The number of rotatable bonds is 3. The van der Waals surface area contributed by atoms with E-state index in [2.05, 4.69) is 21.5 Å². The smallest absolute Gasteiger partial charge is 0.338 e. The summed E-state index contributed by atoms with van der Waals surface area (Å²) in [5, 5.41) is 0.508. The molecule has 0 radical (unpaired) electrons. The summed E-state index contributed by atoms with van der Waals surface area (Å²) in [5.74, 6) is 0.488. The van der Waals surface area contributed by atoms with Crippen molar-refractivity contribution in [1.29, 1.82) is 0 Å². The van der Waals surface area contributed by atoms with Crippen molar-refractivity contribution in [3.63, 3.8) is 0 Å². The maximum Gasteiger partial charge on any atom is 0.416 e. The van der Waals surface area contributed by atoms with Gasteiger partial charge in [0.15, 0.2) is 0 Å². The van der Waals surface area contributed by atoms with Gasteiger partial charge in [-0.3, -0.25) is 4.98 Å². The topological polar surface area (TPSA) is 41.6 Å². The summed E-state index contributed by atoms with van der Waals surface area (Å²) < 4.78 is 38.6. The van der Waals surface area contributed by atoms with Crippen molar-refractivity contribution in [3.8, 4) is 22.6 Å². The van der Waals surface area contributed by atoms with Crippen molar-refractivity contribution in [2.24, 2.45) is 0 Å². The summed E-state index contributed by atoms with van der Waals surface area (Å²) in [6, 6.07) is 12.5. The Kier molecular flexibility index (Phi) is 4.43. The Labute approximate surface area is 163 Å². The number of nitrogens with one attached hydrogen (secondary N) is 1. The minimum Gasteiger partial charge on any atom is -0.338 e. The number of aromatic amines is 1. The van der Waals surface area contributed by atoms with Crippen LogP contribution in [-0.4, -0.2) is 15.0 Å². The SMILES string of the molecule is C=Cc1cnc(-c2ccc(-c3nc4ccc(C(F)(F)F)cc4[nH]3)cc2)c(Cl)c1. The highest BCUT2D eigenvalue weighted by Crippen LogP contribution is 2.32. The quantitative estimate of drug-likeness (QED) is 0.421. The van der Waals surface area contributed by atoms with Gasteiger partial charge < -0.3 is 4.98 Å². The monoisotopic (exact) mass is 399 g/mol. The van der Waals surface area contributed by atoms with Crippen LogP contribution in [0.5, 0.6) is 0 Å². The first-order valence-electron chi connectivity index (χ1n) is 8.31. The number of halogens is 4. The second-order valence-electron chi connectivity index (χ2n) is 6.20. The predicted octanol–water partition coefficient (Wildman–Crippen LogP) is 6.61. The van der Waals surface area contributed by atoms with Crippen LogP contribution >= 0.6 is 11.6 Å². The number of nitrogens with zero attached hydrogens (tertiary/aromatic N) is 2. The Morgan fingerprint density at radius 3 is 2.36 bits per heavy atom. The maximum atomic E-state index is 12.9. The third kappa shape index (κ3) is 3.39. The predicted molar refractivity (Wildman–Crippen MR) is 105 cm³/mol. The normalized spacial score (nSPS) is 11.7. The van der Waals surface area contributed by atoms with Crippen molar-refractivity contribution in [3.05, 3.63) is 77.5 Å². The molecule has 2 aromatic carbocycles. The van der Waals surface area contributed by atoms with Gasteiger partial charge in [-0.2, -0.15) is 13.2 Å². The van der Waals surface area contributed by atoms with Crippen molar-refractivity contribution in [1.82, 2.24) is 15.0 Å². The van der Waals surface area contributed by atoms with Crippen LogP contribution < -0.4 is 0 Å². The third-order valence-corrected chi connectivity index (χ3v) is 4.63. The molecule has 4 aromatic rings. The first-order valence-corrected chi connectivity index (χ1v) is 8.69. The van der Waals surface area contributed by atoms with Crippen LogP contribution in [0.3, 0.4) is 0 Å². The molecule has 4 rings (SSSR count). The van der Waals surface area contributed by atoms with E-state index >= 15 is 0 Å². The molecule has 0 bridgehead atoms. The molecule has 7 heteroatoms. The number of aromatic nitrogens is 3. The van der Waals surface area contributed by atoms with Gasteiger partial charge in [0.25, 0.3) is 0 Å². The van der Waals surface area contributed by atoms with E-state index in [0.29, 0.717) is 27.6 Å². The number of hydrogen-bond acceptors (Lipinski definition) is 2. The highest BCUT2D eigenvalue weighted by Gasteiger charge is 2.30. The zero-order valence-corrected chi connectivity index (χ0v) is 15.1. The lowest BCUT2D eigenvalue weighted by Crippen LogP contribution is -2.04. The lowest BCUT2D eigenvalue weighted by Gasteiger charge is -2.05. The molecule has 1 N–H and O–H groups in total. The fraction of sp³-hybridized carbons (Fsp3) is 0.0476. The van der Waals surface area contributed by atoms with E-state index in [9.17, 15) is 13.2 Å². The van der Waals surface area contributed by atoms with Gasteiger partial charge in [-0.25, -0.2) is 4.98 Å². The molecule has 0 aliphatic rings. The largest absolute Gasteiger partial charge is 0.416 e. The minimum atomic E-state index is -4.39. The van der Waals surface area contributed by atoms with Crippen molar-refractivity contribution < 1.29 is 13.2 Å². The second-order valence-corrected chi connectivity index (χ2v) is 6.60. The fourth-order valence-electron chi connectivity index (χ4n) is 2.89. The summed E-state index contributed by atoms with van der Waals surface area (Å²) in [6.45, 7) is 3.68. The van der Waals surface area contributed by atoms with Gasteiger partial charge in [-0.05, 0) is 29.8 Å². The fourth-order valence-corrected chi connectivity index (χ4v) is 3.17. The zero-order valence-electron chi connectivity index (χ0n) is 14.4. The maximum absolute atomic E-state index is 12.9. The van der Waals surface area contributed by atoms with E-state index in [0.717, 1.165) is 28.8 Å². The Hall–Kier alpha value is -3.12. The average Bonchev–Trinajstić information content (AvgIpc) is 3.10. The summed E-state index contributed by atoms with van der Waals surface area (Å²) in [4.78, 5) is 11.7. The summed E-state index contributed by atoms with van der Waals surface area (Å²) in [7, 11) is 0. The molecule has 28 heavy (non-hydrogen) atoms. The van der Waals surface area contributed by atoms with Crippen molar-refractivity contribution in [2.45, 2.75) is 6.18 Å². The van der Waals surface area contributed by atoms with E-state index < -0.39 is 11.7 Å². The Morgan fingerprint density at radius 2 is 1.71 bits per heavy atom. The molecule has 0 spiro atoms. The van der Waals surface area contributed by atoms with E-state index in [-0.39, 0.29) is 0 Å². The molecule has 0 saturated heterocycles. The van der Waals surface area contributed by atoms with E-state index in [4.69, 9.17) is 11.6 Å². The molecule has 2 heterocycles. The second kappa shape index (κ2) is 6.80. The Bertz CT molecular complexity index is 1180. The summed E-state index contributed by atoms with van der Waals surface area (Å²) in [5.41, 5.74) is 3.11. The number of fused-ring (bicyclic) bond motifs is 1. The van der Waals surface area contributed by atoms with Gasteiger partial charge >= 0.3 is 6.18 Å². The van der Waals surface area contributed by atoms with E-state index in [1.807, 2.05) is 24.3 Å². The summed E-state index contributed by atoms with van der Waals surface area (Å²) in [6.07, 6.45) is -1.05. The molecule has 0 fully saturated rings. The van der Waals surface area contributed by atoms with Crippen LogP contribution in [-0.2, 0) is 6.18 Å². The van der Waals surface area contributed by atoms with Crippen LogP contribution in [0.4, 0.5) is 13.2 Å². The van der Waals surface area contributed by atoms with E-state index in [1.54, 1.807) is 18.3 Å². The number of imidazole rings is 1. The number of alkyl halides is 3. The molecule has 0 unspecified atom stereocenters. The van der Waals surface area contributed by atoms with E-state index in [1.165, 1.54) is 6.07 Å². The summed E-state index contributed by atoms with van der Waals surface area (Å²) >= 11 is 6.28. The van der Waals surface area contributed by atoms with Gasteiger partial charge in [-0.15, -0.1) is 0 Å². The molecule has 0 atom stereocenters. The van der Waals surface area contributed by atoms with Crippen molar-refractivity contribution in [2.75, 3.05) is 0 Å². The van der Waals surface area contributed by atoms with Gasteiger partial charge in [0.1, 0.15) is 5.82 Å². The van der Waals surface area contributed by atoms with Crippen LogP contribution in [0.15, 0.2) is 61.3 Å². The molecule has 3 nitrogen and oxygen atoms in total. The standard InChI is InChI=1S/C21H13ClF3N3/c1-2-12-9-16(22)19(26-11-12)13-3-5-14(6-4-13)20-27-17-8-7-15(21(23,24)25)10-18(17)28-20/h2-11H,1H2,(H,27,28). The minimum absolute atomic E-state index is 0.332. The number of H-pyrrole nitrogens is 1. The average molecular weight is 400 g/mol. The van der Waals surface area contributed by atoms with Crippen LogP contribution in [0.1, 0.15) is 11.1 Å². The molecule has 140 valence electrons. The highest BCUT2D eigenvalue weighted by atomic mass is 35.5. The molecule has 0 amide bonds. The van der Waals surface area contributed by atoms with Crippen LogP contribution in [0, 0.1) is 0 Å². The Balaban J connectivity index is 1.68. The molecular formula is C21H13ClF3N3. The lowest BCUT2D eigenvalue weighted by atomic mass is 10.1. The van der Waals surface area contributed by atoms with Gasteiger partial charge in [0, 0.05) is 17.3 Å². The number of hydrogen-bond donors (Lipinski definition) is 1. The lowest BCUT2D eigenvalue weighted by molar-refractivity contribution is -0.137.